The lowest BCUT2D eigenvalue weighted by Crippen LogP contribution is -2.37. The van der Waals surface area contributed by atoms with Crippen LogP contribution in [0.5, 0.6) is 0 Å². The van der Waals surface area contributed by atoms with E-state index in [4.69, 9.17) is 5.73 Å². The van der Waals surface area contributed by atoms with Gasteiger partial charge in [-0.15, -0.1) is 0 Å². The zero-order valence-corrected chi connectivity index (χ0v) is 11.6. The fourth-order valence-corrected chi connectivity index (χ4v) is 2.69. The lowest BCUT2D eigenvalue weighted by molar-refractivity contribution is -0.122. The van der Waals surface area contributed by atoms with Gasteiger partial charge in [0.1, 0.15) is 0 Å². The van der Waals surface area contributed by atoms with Crippen LogP contribution in [0.2, 0.25) is 0 Å². The van der Waals surface area contributed by atoms with E-state index in [1.807, 2.05) is 19.2 Å². The second-order valence-electron chi connectivity index (χ2n) is 5.49. The molecule has 0 radical (unpaired) electrons. The third kappa shape index (κ3) is 4.03. The summed E-state index contributed by atoms with van der Waals surface area (Å²) in [4.78, 5) is 16.0. The highest BCUT2D eigenvalue weighted by atomic mass is 16.1. The highest BCUT2D eigenvalue weighted by Crippen LogP contribution is 2.25. The van der Waals surface area contributed by atoms with Crippen molar-refractivity contribution >= 4 is 5.91 Å². The van der Waals surface area contributed by atoms with E-state index < -0.39 is 0 Å². The predicted octanol–water partition coefficient (Wildman–Crippen LogP) is 1.91. The number of nitrogens with two attached hydrogens (primary N) is 1. The molecule has 0 bridgehead atoms. The number of amides is 1. The summed E-state index contributed by atoms with van der Waals surface area (Å²) in [6.45, 7) is 2.58. The largest absolute Gasteiger partial charge is 0.352 e. The lowest BCUT2D eigenvalue weighted by atomic mass is 9.83. The van der Waals surface area contributed by atoms with Crippen LogP contribution in [0, 0.1) is 12.8 Å². The summed E-state index contributed by atoms with van der Waals surface area (Å²) < 4.78 is 0. The molecule has 2 unspecified atom stereocenters. The molecule has 1 amide bonds. The van der Waals surface area contributed by atoms with Gasteiger partial charge in [-0.3, -0.25) is 9.78 Å². The molecule has 1 aromatic rings. The first-order valence-corrected chi connectivity index (χ1v) is 7.08. The van der Waals surface area contributed by atoms with Crippen LogP contribution in [0.4, 0.5) is 0 Å². The summed E-state index contributed by atoms with van der Waals surface area (Å²) in [5.74, 6) is 0.464. The summed E-state index contributed by atoms with van der Waals surface area (Å²) in [5, 5.41) is 2.99. The summed E-state index contributed by atoms with van der Waals surface area (Å²) in [7, 11) is 0. The Balaban J connectivity index is 1.80. The van der Waals surface area contributed by atoms with Crippen molar-refractivity contribution in [1.82, 2.24) is 10.3 Å². The van der Waals surface area contributed by atoms with Crippen molar-refractivity contribution in [3.63, 3.8) is 0 Å². The maximum atomic E-state index is 12.0. The standard InChI is InChI=1S/C15H23N3O/c1-11-9-17-7-6-13(11)10-18-15(19)8-12-4-2-3-5-14(12)16/h6-7,9,12,14H,2-5,8,10,16H2,1H3,(H,18,19). The first-order chi connectivity index (χ1) is 9.16. The van der Waals surface area contributed by atoms with E-state index in [-0.39, 0.29) is 11.9 Å². The topological polar surface area (TPSA) is 68.0 Å². The molecule has 0 aliphatic heterocycles. The molecular formula is C15H23N3O. The Bertz CT molecular complexity index is 433. The van der Waals surface area contributed by atoms with Gasteiger partial charge < -0.3 is 11.1 Å². The van der Waals surface area contributed by atoms with E-state index in [2.05, 4.69) is 10.3 Å². The fraction of sp³-hybridized carbons (Fsp3) is 0.600. The molecule has 0 aromatic carbocycles. The summed E-state index contributed by atoms with van der Waals surface area (Å²) in [5.41, 5.74) is 8.30. The molecule has 19 heavy (non-hydrogen) atoms. The van der Waals surface area contributed by atoms with E-state index in [9.17, 15) is 4.79 Å². The van der Waals surface area contributed by atoms with Gasteiger partial charge in [0.2, 0.25) is 5.91 Å². The molecule has 2 rings (SSSR count). The quantitative estimate of drug-likeness (QED) is 0.870. The van der Waals surface area contributed by atoms with Gasteiger partial charge in [-0.25, -0.2) is 0 Å². The maximum Gasteiger partial charge on any atom is 0.220 e. The molecule has 4 nitrogen and oxygen atoms in total. The van der Waals surface area contributed by atoms with Crippen molar-refractivity contribution in [2.24, 2.45) is 11.7 Å². The molecule has 1 aromatic heterocycles. The summed E-state index contributed by atoms with van der Waals surface area (Å²) in [6, 6.07) is 2.14. The molecule has 0 spiro atoms. The maximum absolute atomic E-state index is 12.0. The van der Waals surface area contributed by atoms with Gasteiger partial charge in [-0.2, -0.15) is 0 Å². The molecule has 104 valence electrons. The molecule has 1 aliphatic rings. The first kappa shape index (κ1) is 14.0. The van der Waals surface area contributed by atoms with Crippen molar-refractivity contribution in [1.29, 1.82) is 0 Å². The van der Waals surface area contributed by atoms with Gasteiger partial charge in [0, 0.05) is 31.4 Å². The highest BCUT2D eigenvalue weighted by Gasteiger charge is 2.23. The molecular weight excluding hydrogens is 238 g/mol. The number of carbonyl (C=O) groups is 1. The van der Waals surface area contributed by atoms with Crippen LogP contribution in [0.1, 0.15) is 43.2 Å². The van der Waals surface area contributed by atoms with E-state index in [0.717, 1.165) is 24.0 Å². The lowest BCUT2D eigenvalue weighted by Gasteiger charge is -2.28. The normalized spacial score (nSPS) is 23.1. The van der Waals surface area contributed by atoms with Gasteiger partial charge >= 0.3 is 0 Å². The fourth-order valence-electron chi connectivity index (χ4n) is 2.69. The van der Waals surface area contributed by atoms with Gasteiger partial charge in [0.25, 0.3) is 0 Å². The number of aromatic nitrogens is 1. The van der Waals surface area contributed by atoms with Crippen LogP contribution in [0.25, 0.3) is 0 Å². The van der Waals surface area contributed by atoms with Crippen molar-refractivity contribution in [2.75, 3.05) is 0 Å². The second-order valence-corrected chi connectivity index (χ2v) is 5.49. The minimum atomic E-state index is 0.110. The summed E-state index contributed by atoms with van der Waals surface area (Å²) >= 11 is 0. The number of aryl methyl sites for hydroxylation is 1. The summed E-state index contributed by atoms with van der Waals surface area (Å²) in [6.07, 6.45) is 8.68. The molecule has 1 heterocycles. The Hall–Kier alpha value is -1.42. The Kier molecular flexibility index (Phi) is 4.91. The number of hydrogen-bond donors (Lipinski definition) is 2. The van der Waals surface area contributed by atoms with Crippen LogP contribution in [0.15, 0.2) is 18.5 Å². The number of hydrogen-bond acceptors (Lipinski definition) is 3. The van der Waals surface area contributed by atoms with Gasteiger partial charge in [-0.05, 0) is 42.9 Å². The van der Waals surface area contributed by atoms with Crippen LogP contribution >= 0.6 is 0 Å². The Labute approximate surface area is 114 Å². The molecule has 4 heteroatoms. The van der Waals surface area contributed by atoms with Gasteiger partial charge in [-0.1, -0.05) is 12.8 Å². The van der Waals surface area contributed by atoms with E-state index >= 15 is 0 Å². The van der Waals surface area contributed by atoms with E-state index in [0.29, 0.717) is 18.9 Å². The zero-order valence-electron chi connectivity index (χ0n) is 11.6. The third-order valence-electron chi connectivity index (χ3n) is 4.03. The van der Waals surface area contributed by atoms with Crippen molar-refractivity contribution in [3.05, 3.63) is 29.6 Å². The van der Waals surface area contributed by atoms with Crippen LogP contribution < -0.4 is 11.1 Å². The van der Waals surface area contributed by atoms with Crippen LogP contribution in [0.3, 0.4) is 0 Å². The van der Waals surface area contributed by atoms with Crippen LogP contribution in [-0.4, -0.2) is 16.9 Å². The third-order valence-corrected chi connectivity index (χ3v) is 4.03. The number of carbonyl (C=O) groups excluding carboxylic acids is 1. The second kappa shape index (κ2) is 6.66. The molecule has 1 fully saturated rings. The Morgan fingerprint density at radius 2 is 2.26 bits per heavy atom. The first-order valence-electron chi connectivity index (χ1n) is 7.08. The van der Waals surface area contributed by atoms with E-state index in [1.165, 1.54) is 12.8 Å². The Morgan fingerprint density at radius 1 is 1.47 bits per heavy atom. The predicted molar refractivity (Wildman–Crippen MR) is 75.4 cm³/mol. The molecule has 3 N–H and O–H groups in total. The zero-order chi connectivity index (χ0) is 13.7. The minimum absolute atomic E-state index is 0.110. The number of nitrogens with one attached hydrogen (secondary N) is 1. The van der Waals surface area contributed by atoms with Crippen molar-refractivity contribution < 1.29 is 4.79 Å². The minimum Gasteiger partial charge on any atom is -0.352 e. The molecule has 2 atom stereocenters. The van der Waals surface area contributed by atoms with Gasteiger partial charge in [0.15, 0.2) is 0 Å². The average Bonchev–Trinajstić information content (AvgIpc) is 2.40. The highest BCUT2D eigenvalue weighted by molar-refractivity contribution is 5.76. The number of nitrogens with zero attached hydrogens (tertiary/aromatic N) is 1. The van der Waals surface area contributed by atoms with Crippen LogP contribution in [-0.2, 0) is 11.3 Å². The van der Waals surface area contributed by atoms with Crippen molar-refractivity contribution in [3.8, 4) is 0 Å². The number of pyridine rings is 1. The average molecular weight is 261 g/mol. The SMILES string of the molecule is Cc1cnccc1CNC(=O)CC1CCCCC1N. The smallest absolute Gasteiger partial charge is 0.220 e. The monoisotopic (exact) mass is 261 g/mol. The van der Waals surface area contributed by atoms with Gasteiger partial charge in [0.05, 0.1) is 0 Å². The van der Waals surface area contributed by atoms with E-state index in [1.54, 1.807) is 6.20 Å². The number of rotatable bonds is 4. The molecule has 1 aliphatic carbocycles. The van der Waals surface area contributed by atoms with Crippen molar-refractivity contribution in [2.45, 2.75) is 51.6 Å². The molecule has 0 saturated heterocycles. The molecule has 1 saturated carbocycles. The Morgan fingerprint density at radius 3 is 3.00 bits per heavy atom.